The number of carbonyl (C=O) groups is 1. The third-order valence-corrected chi connectivity index (χ3v) is 5.25. The van der Waals surface area contributed by atoms with Crippen molar-refractivity contribution in [2.75, 3.05) is 44.8 Å². The number of carbonyl (C=O) groups excluding carboxylic acids is 1. The molecular weight excluding hydrogens is 372 g/mol. The van der Waals surface area contributed by atoms with Crippen molar-refractivity contribution in [1.82, 2.24) is 25.7 Å². The van der Waals surface area contributed by atoms with Crippen LogP contribution in [0.5, 0.6) is 11.5 Å². The fraction of sp³-hybridized carbons (Fsp3) is 0.450. The first-order valence-electron chi connectivity index (χ1n) is 9.81. The molecule has 0 bridgehead atoms. The Balaban J connectivity index is 1.24. The van der Waals surface area contributed by atoms with Crippen molar-refractivity contribution in [2.45, 2.75) is 18.5 Å². The van der Waals surface area contributed by atoms with Gasteiger partial charge in [-0.15, -0.1) is 0 Å². The number of para-hydroxylation sites is 2. The third-order valence-electron chi connectivity index (χ3n) is 5.25. The van der Waals surface area contributed by atoms with E-state index in [4.69, 9.17) is 9.47 Å². The molecule has 2 aliphatic rings. The van der Waals surface area contributed by atoms with E-state index < -0.39 is 0 Å². The van der Waals surface area contributed by atoms with E-state index in [0.717, 1.165) is 18.9 Å². The maximum atomic E-state index is 12.9. The van der Waals surface area contributed by atoms with Crippen LogP contribution < -0.4 is 25.2 Å². The standard InChI is InChI=1S/C20H26N6O3/c1-28-17-4-2-3-5-18(17)29-14-15-12-16(24-23-15)20(27)26-10-8-25(9-11-26)19-13-21-6-7-22-19/h2-7,13,15-16,23-24H,8-12,14H2,1H3. The molecule has 9 nitrogen and oxygen atoms in total. The second-order valence-electron chi connectivity index (χ2n) is 7.11. The molecule has 0 saturated carbocycles. The molecule has 0 spiro atoms. The quantitative estimate of drug-likeness (QED) is 0.725. The minimum Gasteiger partial charge on any atom is -0.493 e. The molecule has 9 heteroatoms. The normalized spacial score (nSPS) is 21.8. The third kappa shape index (κ3) is 4.57. The molecule has 4 rings (SSSR count). The highest BCUT2D eigenvalue weighted by molar-refractivity contribution is 5.82. The van der Waals surface area contributed by atoms with E-state index in [-0.39, 0.29) is 18.0 Å². The number of rotatable bonds is 6. The van der Waals surface area contributed by atoms with Crippen LogP contribution in [0, 0.1) is 0 Å². The Morgan fingerprint density at radius 1 is 1.14 bits per heavy atom. The van der Waals surface area contributed by atoms with Crippen molar-refractivity contribution in [3.8, 4) is 11.5 Å². The molecule has 154 valence electrons. The van der Waals surface area contributed by atoms with Gasteiger partial charge in [0.05, 0.1) is 19.3 Å². The molecule has 2 fully saturated rings. The van der Waals surface area contributed by atoms with Gasteiger partial charge in [0, 0.05) is 38.6 Å². The lowest BCUT2D eigenvalue weighted by Gasteiger charge is -2.36. The Morgan fingerprint density at radius 3 is 2.66 bits per heavy atom. The molecule has 0 aliphatic carbocycles. The first kappa shape index (κ1) is 19.4. The van der Waals surface area contributed by atoms with Gasteiger partial charge in [-0.05, 0) is 18.6 Å². The van der Waals surface area contributed by atoms with Crippen molar-refractivity contribution >= 4 is 11.7 Å². The van der Waals surface area contributed by atoms with Gasteiger partial charge in [-0.25, -0.2) is 10.4 Å². The minimum atomic E-state index is -0.246. The number of piperazine rings is 1. The summed E-state index contributed by atoms with van der Waals surface area (Å²) in [5.41, 5.74) is 6.30. The Kier molecular flexibility index (Phi) is 6.06. The maximum Gasteiger partial charge on any atom is 0.241 e. The van der Waals surface area contributed by atoms with Crippen LogP contribution in [-0.2, 0) is 4.79 Å². The van der Waals surface area contributed by atoms with Gasteiger partial charge in [0.25, 0.3) is 0 Å². The molecule has 2 atom stereocenters. The Morgan fingerprint density at radius 2 is 1.93 bits per heavy atom. The van der Waals surface area contributed by atoms with Crippen molar-refractivity contribution in [2.24, 2.45) is 0 Å². The number of anilines is 1. The van der Waals surface area contributed by atoms with Gasteiger partial charge >= 0.3 is 0 Å². The SMILES string of the molecule is COc1ccccc1OCC1CC(C(=O)N2CCN(c3cnccn3)CC2)NN1. The Labute approximate surface area is 170 Å². The highest BCUT2D eigenvalue weighted by Gasteiger charge is 2.34. The largest absolute Gasteiger partial charge is 0.493 e. The summed E-state index contributed by atoms with van der Waals surface area (Å²) in [6.07, 6.45) is 5.79. The molecular formula is C20H26N6O3. The molecule has 1 aromatic heterocycles. The highest BCUT2D eigenvalue weighted by atomic mass is 16.5. The van der Waals surface area contributed by atoms with Crippen molar-refractivity contribution in [3.05, 3.63) is 42.9 Å². The molecule has 2 unspecified atom stereocenters. The number of nitrogens with zero attached hydrogens (tertiary/aromatic N) is 4. The minimum absolute atomic E-state index is 0.0507. The number of hydrogen-bond acceptors (Lipinski definition) is 8. The summed E-state index contributed by atoms with van der Waals surface area (Å²) in [4.78, 5) is 25.4. The van der Waals surface area contributed by atoms with Gasteiger partial charge < -0.3 is 19.3 Å². The van der Waals surface area contributed by atoms with E-state index >= 15 is 0 Å². The van der Waals surface area contributed by atoms with Gasteiger partial charge in [-0.1, -0.05) is 12.1 Å². The van der Waals surface area contributed by atoms with Crippen LogP contribution in [0.3, 0.4) is 0 Å². The molecule has 1 aromatic carbocycles. The van der Waals surface area contributed by atoms with Crippen LogP contribution in [0.4, 0.5) is 5.82 Å². The molecule has 1 amide bonds. The fourth-order valence-corrected chi connectivity index (χ4v) is 3.65. The lowest BCUT2D eigenvalue weighted by molar-refractivity contribution is -0.133. The van der Waals surface area contributed by atoms with Gasteiger partial charge in [0.1, 0.15) is 18.5 Å². The summed E-state index contributed by atoms with van der Waals surface area (Å²) in [5, 5.41) is 0. The molecule has 0 radical (unpaired) electrons. The van der Waals surface area contributed by atoms with Crippen LogP contribution in [-0.4, -0.2) is 72.8 Å². The molecule has 3 heterocycles. The number of nitrogens with one attached hydrogen (secondary N) is 2. The molecule has 2 saturated heterocycles. The van der Waals surface area contributed by atoms with Gasteiger partial charge in [0.2, 0.25) is 5.91 Å². The van der Waals surface area contributed by atoms with Crippen LogP contribution in [0.1, 0.15) is 6.42 Å². The monoisotopic (exact) mass is 398 g/mol. The van der Waals surface area contributed by atoms with E-state index in [9.17, 15) is 4.79 Å². The van der Waals surface area contributed by atoms with Crippen molar-refractivity contribution in [3.63, 3.8) is 0 Å². The lowest BCUT2D eigenvalue weighted by Crippen LogP contribution is -2.53. The van der Waals surface area contributed by atoms with Crippen molar-refractivity contribution in [1.29, 1.82) is 0 Å². The Hall–Kier alpha value is -2.91. The van der Waals surface area contributed by atoms with E-state index in [1.807, 2.05) is 29.2 Å². The van der Waals surface area contributed by atoms with Crippen LogP contribution in [0.2, 0.25) is 0 Å². The molecule has 2 aliphatic heterocycles. The number of benzene rings is 1. The van der Waals surface area contributed by atoms with E-state index in [1.165, 1.54) is 0 Å². The summed E-state index contributed by atoms with van der Waals surface area (Å²) in [5.74, 6) is 2.38. The van der Waals surface area contributed by atoms with Crippen LogP contribution >= 0.6 is 0 Å². The number of amides is 1. The predicted molar refractivity (Wildman–Crippen MR) is 108 cm³/mol. The average molecular weight is 398 g/mol. The summed E-state index contributed by atoms with van der Waals surface area (Å²) >= 11 is 0. The lowest BCUT2D eigenvalue weighted by atomic mass is 10.1. The maximum absolute atomic E-state index is 12.9. The Bertz CT molecular complexity index is 813. The first-order chi connectivity index (χ1) is 14.2. The zero-order chi connectivity index (χ0) is 20.1. The number of hydrogen-bond donors (Lipinski definition) is 2. The average Bonchev–Trinajstić information content (AvgIpc) is 3.27. The summed E-state index contributed by atoms with van der Waals surface area (Å²) in [7, 11) is 1.62. The molecule has 2 N–H and O–H groups in total. The van der Waals surface area contributed by atoms with Gasteiger partial charge in [-0.3, -0.25) is 15.2 Å². The van der Waals surface area contributed by atoms with Gasteiger partial charge in [0.15, 0.2) is 11.5 Å². The number of aromatic nitrogens is 2. The number of ether oxygens (including phenoxy) is 2. The second-order valence-corrected chi connectivity index (χ2v) is 7.11. The van der Waals surface area contributed by atoms with Gasteiger partial charge in [-0.2, -0.15) is 0 Å². The summed E-state index contributed by atoms with van der Waals surface area (Å²) in [6, 6.07) is 7.35. The smallest absolute Gasteiger partial charge is 0.241 e. The van der Waals surface area contributed by atoms with E-state index in [1.54, 1.807) is 25.7 Å². The predicted octanol–water partition coefficient (Wildman–Crippen LogP) is 0.448. The zero-order valence-corrected chi connectivity index (χ0v) is 16.5. The molecule has 29 heavy (non-hydrogen) atoms. The molecule has 2 aromatic rings. The van der Waals surface area contributed by atoms with E-state index in [0.29, 0.717) is 37.6 Å². The van der Waals surface area contributed by atoms with Crippen molar-refractivity contribution < 1.29 is 14.3 Å². The van der Waals surface area contributed by atoms with Crippen LogP contribution in [0.25, 0.3) is 0 Å². The van der Waals surface area contributed by atoms with Crippen LogP contribution in [0.15, 0.2) is 42.9 Å². The topological polar surface area (TPSA) is 91.9 Å². The fourth-order valence-electron chi connectivity index (χ4n) is 3.65. The number of methoxy groups -OCH3 is 1. The second kappa shape index (κ2) is 9.06. The summed E-state index contributed by atoms with van der Waals surface area (Å²) in [6.45, 7) is 3.32. The summed E-state index contributed by atoms with van der Waals surface area (Å²) < 4.78 is 11.2. The first-order valence-corrected chi connectivity index (χ1v) is 9.81. The zero-order valence-electron chi connectivity index (χ0n) is 16.5. The highest BCUT2D eigenvalue weighted by Crippen LogP contribution is 2.26. The van der Waals surface area contributed by atoms with E-state index in [2.05, 4.69) is 25.7 Å². The number of hydrazine groups is 1.